The molecule has 0 saturated carbocycles. The van der Waals surface area contributed by atoms with Crippen molar-refractivity contribution in [3.63, 3.8) is 0 Å². The molecule has 3 aromatic rings. The second-order valence-electron chi connectivity index (χ2n) is 5.98. The van der Waals surface area contributed by atoms with E-state index in [1.54, 1.807) is 0 Å². The molecule has 2 nitrogen and oxygen atoms in total. The van der Waals surface area contributed by atoms with Gasteiger partial charge in [0.25, 0.3) is 0 Å². The van der Waals surface area contributed by atoms with Crippen molar-refractivity contribution in [3.05, 3.63) is 106 Å². The van der Waals surface area contributed by atoms with Gasteiger partial charge in [0, 0.05) is 5.02 Å². The summed E-state index contributed by atoms with van der Waals surface area (Å²) in [6.07, 6.45) is 0. The maximum atomic E-state index is 9.72. The van der Waals surface area contributed by atoms with Crippen LogP contribution in [0.3, 0.4) is 0 Å². The van der Waals surface area contributed by atoms with E-state index >= 15 is 0 Å². The van der Waals surface area contributed by atoms with Crippen LogP contribution in [0.2, 0.25) is 5.02 Å². The first-order valence-corrected chi connectivity index (χ1v) is 8.58. The van der Waals surface area contributed by atoms with Crippen LogP contribution in [0.1, 0.15) is 34.3 Å². The van der Waals surface area contributed by atoms with Crippen molar-refractivity contribution in [2.45, 2.75) is 19.0 Å². The highest BCUT2D eigenvalue weighted by Crippen LogP contribution is 2.28. The predicted molar refractivity (Wildman–Crippen MR) is 102 cm³/mol. The van der Waals surface area contributed by atoms with Gasteiger partial charge >= 0.3 is 0 Å². The van der Waals surface area contributed by atoms with Crippen molar-refractivity contribution >= 4 is 11.6 Å². The fourth-order valence-electron chi connectivity index (χ4n) is 2.95. The van der Waals surface area contributed by atoms with Crippen LogP contribution in [0.15, 0.2) is 78.9 Å². The number of benzene rings is 3. The highest BCUT2D eigenvalue weighted by atomic mass is 35.5. The Balaban J connectivity index is 1.99. The summed E-state index contributed by atoms with van der Waals surface area (Å²) in [5.74, 6) is 0. The van der Waals surface area contributed by atoms with Crippen LogP contribution in [0.4, 0.5) is 0 Å². The van der Waals surface area contributed by atoms with Crippen LogP contribution in [-0.2, 0) is 0 Å². The highest BCUT2D eigenvalue weighted by molar-refractivity contribution is 6.30. The predicted octanol–water partition coefficient (Wildman–Crippen LogP) is 5.59. The minimum Gasteiger partial charge on any atom is -0.287 e. The molecule has 0 aliphatic rings. The lowest BCUT2D eigenvalue weighted by atomic mass is 9.93. The number of hydrogen-bond acceptors (Lipinski definition) is 2. The van der Waals surface area contributed by atoms with Gasteiger partial charge < -0.3 is 0 Å². The average Bonchev–Trinajstić information content (AvgIpc) is 2.65. The summed E-state index contributed by atoms with van der Waals surface area (Å²) in [4.78, 5) is 0. The molecule has 2 atom stereocenters. The standard InChI is InChI=1S/C22H19ClN2/c1-16-7-5-6-10-20(16)22(18-8-3-2-4-9-18)25-21(15-24)17-11-13-19(23)14-12-17/h2-14,21-22,25H,1H3/t21-,22?/m1/s1. The van der Waals surface area contributed by atoms with E-state index in [1.807, 2.05) is 54.6 Å². The van der Waals surface area contributed by atoms with Gasteiger partial charge in [-0.1, -0.05) is 78.3 Å². The van der Waals surface area contributed by atoms with Crippen molar-refractivity contribution in [1.29, 1.82) is 5.26 Å². The van der Waals surface area contributed by atoms with E-state index in [2.05, 4.69) is 42.6 Å². The average molecular weight is 347 g/mol. The molecule has 0 bridgehead atoms. The molecule has 0 aromatic heterocycles. The summed E-state index contributed by atoms with van der Waals surface area (Å²) in [6.45, 7) is 2.09. The molecule has 124 valence electrons. The topological polar surface area (TPSA) is 35.8 Å². The third-order valence-corrected chi connectivity index (χ3v) is 4.55. The van der Waals surface area contributed by atoms with Crippen LogP contribution >= 0.6 is 11.6 Å². The Bertz CT molecular complexity index is 867. The van der Waals surface area contributed by atoms with Crippen molar-refractivity contribution in [2.24, 2.45) is 0 Å². The Morgan fingerprint density at radius 2 is 1.48 bits per heavy atom. The van der Waals surface area contributed by atoms with Gasteiger partial charge in [-0.2, -0.15) is 5.26 Å². The Morgan fingerprint density at radius 3 is 2.12 bits per heavy atom. The Hall–Kier alpha value is -2.60. The smallest absolute Gasteiger partial charge is 0.122 e. The lowest BCUT2D eigenvalue weighted by molar-refractivity contribution is 0.557. The number of nitriles is 1. The van der Waals surface area contributed by atoms with E-state index in [9.17, 15) is 5.26 Å². The normalized spacial score (nSPS) is 13.0. The Labute approximate surface area is 153 Å². The second kappa shape index (κ2) is 7.98. The van der Waals surface area contributed by atoms with E-state index in [0.717, 1.165) is 11.1 Å². The van der Waals surface area contributed by atoms with Crippen molar-refractivity contribution in [2.75, 3.05) is 0 Å². The molecule has 0 saturated heterocycles. The van der Waals surface area contributed by atoms with Gasteiger partial charge in [0.15, 0.2) is 0 Å². The summed E-state index contributed by atoms with van der Waals surface area (Å²) in [5.41, 5.74) is 4.40. The van der Waals surface area contributed by atoms with Crippen molar-refractivity contribution in [1.82, 2.24) is 5.32 Å². The minimum atomic E-state index is -0.429. The van der Waals surface area contributed by atoms with Gasteiger partial charge in [0.2, 0.25) is 0 Å². The number of nitrogens with one attached hydrogen (secondary N) is 1. The molecule has 3 heteroatoms. The van der Waals surface area contributed by atoms with Gasteiger partial charge in [-0.3, -0.25) is 5.32 Å². The van der Waals surface area contributed by atoms with Gasteiger partial charge in [0.05, 0.1) is 12.1 Å². The van der Waals surface area contributed by atoms with Crippen LogP contribution in [0.25, 0.3) is 0 Å². The molecule has 0 amide bonds. The second-order valence-corrected chi connectivity index (χ2v) is 6.42. The van der Waals surface area contributed by atoms with E-state index in [-0.39, 0.29) is 6.04 Å². The van der Waals surface area contributed by atoms with Gasteiger partial charge in [-0.25, -0.2) is 0 Å². The molecular weight excluding hydrogens is 328 g/mol. The minimum absolute atomic E-state index is 0.0669. The molecule has 0 spiro atoms. The summed E-state index contributed by atoms with van der Waals surface area (Å²) in [7, 11) is 0. The Morgan fingerprint density at radius 1 is 0.840 bits per heavy atom. The zero-order valence-electron chi connectivity index (χ0n) is 14.0. The monoisotopic (exact) mass is 346 g/mol. The number of hydrogen-bond donors (Lipinski definition) is 1. The molecule has 0 heterocycles. The van der Waals surface area contributed by atoms with Crippen LogP contribution in [0, 0.1) is 18.3 Å². The molecule has 0 radical (unpaired) electrons. The zero-order valence-corrected chi connectivity index (χ0v) is 14.7. The van der Waals surface area contributed by atoms with Gasteiger partial charge in [0.1, 0.15) is 6.04 Å². The first kappa shape index (κ1) is 17.2. The third kappa shape index (κ3) is 4.09. The fraction of sp³-hybridized carbons (Fsp3) is 0.136. The van der Waals surface area contributed by atoms with E-state index in [0.29, 0.717) is 5.02 Å². The summed E-state index contributed by atoms with van der Waals surface area (Å²) in [5, 5.41) is 13.9. The van der Waals surface area contributed by atoms with E-state index in [1.165, 1.54) is 11.1 Å². The van der Waals surface area contributed by atoms with Gasteiger partial charge in [-0.15, -0.1) is 0 Å². The largest absolute Gasteiger partial charge is 0.287 e. The SMILES string of the molecule is Cc1ccccc1C(N[C@H](C#N)c1ccc(Cl)cc1)c1ccccc1. The van der Waals surface area contributed by atoms with E-state index in [4.69, 9.17) is 11.6 Å². The number of rotatable bonds is 5. The maximum Gasteiger partial charge on any atom is 0.122 e. The summed E-state index contributed by atoms with van der Waals surface area (Å²) >= 11 is 5.97. The first-order chi connectivity index (χ1) is 12.2. The quantitative estimate of drug-likeness (QED) is 0.653. The molecule has 0 aliphatic carbocycles. The zero-order chi connectivity index (χ0) is 17.6. The fourth-order valence-corrected chi connectivity index (χ4v) is 3.08. The molecule has 25 heavy (non-hydrogen) atoms. The molecule has 3 aromatic carbocycles. The number of aryl methyl sites for hydroxylation is 1. The third-order valence-electron chi connectivity index (χ3n) is 4.30. The molecular formula is C22H19ClN2. The van der Waals surface area contributed by atoms with Crippen LogP contribution < -0.4 is 5.32 Å². The lowest BCUT2D eigenvalue weighted by Crippen LogP contribution is -2.27. The van der Waals surface area contributed by atoms with Crippen LogP contribution in [-0.4, -0.2) is 0 Å². The first-order valence-electron chi connectivity index (χ1n) is 8.20. The van der Waals surface area contributed by atoms with Crippen molar-refractivity contribution in [3.8, 4) is 6.07 Å². The van der Waals surface area contributed by atoms with Crippen LogP contribution in [0.5, 0.6) is 0 Å². The van der Waals surface area contributed by atoms with E-state index < -0.39 is 6.04 Å². The molecule has 1 N–H and O–H groups in total. The maximum absolute atomic E-state index is 9.72. The number of nitrogens with zero attached hydrogens (tertiary/aromatic N) is 1. The summed E-state index contributed by atoms with van der Waals surface area (Å²) < 4.78 is 0. The molecule has 3 rings (SSSR count). The van der Waals surface area contributed by atoms with Gasteiger partial charge in [-0.05, 0) is 41.3 Å². The molecule has 0 fully saturated rings. The molecule has 0 aliphatic heterocycles. The van der Waals surface area contributed by atoms with Crippen molar-refractivity contribution < 1.29 is 0 Å². The molecule has 1 unspecified atom stereocenters. The lowest BCUT2D eigenvalue weighted by Gasteiger charge is -2.24. The highest BCUT2D eigenvalue weighted by Gasteiger charge is 2.21. The Kier molecular flexibility index (Phi) is 5.50. The summed E-state index contributed by atoms with van der Waals surface area (Å²) in [6, 6.07) is 27.8. The number of halogens is 1.